The number of hydrogen-bond acceptors (Lipinski definition) is 3. The fraction of sp³-hybridized carbons (Fsp3) is 0.280. The molecule has 0 N–H and O–H groups in total. The Bertz CT molecular complexity index is 1100. The molecule has 5 heteroatoms. The van der Waals surface area contributed by atoms with Crippen molar-refractivity contribution in [1.29, 1.82) is 0 Å². The van der Waals surface area contributed by atoms with Gasteiger partial charge in [0.2, 0.25) is 0 Å². The van der Waals surface area contributed by atoms with Gasteiger partial charge in [-0.05, 0) is 48.2 Å². The molecule has 2 aromatic carbocycles. The Labute approximate surface area is 181 Å². The van der Waals surface area contributed by atoms with Crippen molar-refractivity contribution in [3.8, 4) is 0 Å². The van der Waals surface area contributed by atoms with Crippen LogP contribution in [0.15, 0.2) is 65.7 Å². The molecule has 4 rings (SSSR count). The number of rotatable bonds is 7. The third-order valence-electron chi connectivity index (χ3n) is 5.23. The van der Waals surface area contributed by atoms with Gasteiger partial charge in [-0.25, -0.2) is 0 Å². The van der Waals surface area contributed by atoms with Crippen LogP contribution in [0.1, 0.15) is 31.4 Å². The van der Waals surface area contributed by atoms with E-state index in [-0.39, 0.29) is 11.1 Å². The number of fused-ring (bicyclic) bond motifs is 1. The predicted octanol–water partition coefficient (Wildman–Crippen LogP) is 5.97. The fourth-order valence-electron chi connectivity index (χ4n) is 3.85. The molecule has 0 spiro atoms. The molecular weight excluding hydrogens is 392 g/mol. The third kappa shape index (κ3) is 4.36. The normalized spacial score (nSPS) is 15.8. The highest BCUT2D eigenvalue weighted by molar-refractivity contribution is 8.18. The minimum absolute atomic E-state index is 0.176. The van der Waals surface area contributed by atoms with Gasteiger partial charge >= 0.3 is 0 Å². The molecule has 1 aliphatic heterocycles. The quantitative estimate of drug-likeness (QED) is 0.444. The van der Waals surface area contributed by atoms with Crippen molar-refractivity contribution in [2.45, 2.75) is 33.2 Å². The first kappa shape index (κ1) is 20.5. The molecule has 0 unspecified atom stereocenters. The number of carbonyl (C=O) groups excluding carboxylic acids is 2. The first-order valence-corrected chi connectivity index (χ1v) is 11.2. The van der Waals surface area contributed by atoms with Gasteiger partial charge in [-0.3, -0.25) is 14.5 Å². The number of imide groups is 1. The molecule has 1 aliphatic rings. The van der Waals surface area contributed by atoms with Gasteiger partial charge in [0.1, 0.15) is 0 Å². The molecule has 4 nitrogen and oxygen atoms in total. The summed E-state index contributed by atoms with van der Waals surface area (Å²) >= 11 is 1.04. The van der Waals surface area contributed by atoms with Crippen LogP contribution in [-0.4, -0.2) is 27.2 Å². The maximum atomic E-state index is 12.9. The van der Waals surface area contributed by atoms with Gasteiger partial charge in [-0.15, -0.1) is 0 Å². The van der Waals surface area contributed by atoms with Gasteiger partial charge in [-0.2, -0.15) is 0 Å². The standard InChI is InChI=1S/C25H26N2O2S/c1-18(2)16-26-17-20(21-12-6-7-13-22(21)26)15-23-24(28)27(25(29)30-23)14-8-11-19-9-4-3-5-10-19/h3-7,9-10,12-13,15,17-18H,8,11,14,16H2,1-2H3/b23-15-. The van der Waals surface area contributed by atoms with E-state index in [1.54, 1.807) is 0 Å². The first-order chi connectivity index (χ1) is 14.5. The molecule has 1 fully saturated rings. The number of hydrogen-bond donors (Lipinski definition) is 0. The number of aryl methyl sites for hydroxylation is 1. The second-order valence-corrected chi connectivity index (χ2v) is 9.06. The van der Waals surface area contributed by atoms with Crippen LogP contribution in [0, 0.1) is 5.92 Å². The lowest BCUT2D eigenvalue weighted by Gasteiger charge is -2.12. The molecule has 1 aromatic heterocycles. The SMILES string of the molecule is CC(C)Cn1cc(/C=C2\SC(=O)N(CCCc3ccccc3)C2=O)c2ccccc21. The van der Waals surface area contributed by atoms with Crippen molar-refractivity contribution in [2.24, 2.45) is 5.92 Å². The number of aromatic nitrogens is 1. The van der Waals surface area contributed by atoms with Crippen LogP contribution in [0.3, 0.4) is 0 Å². The van der Waals surface area contributed by atoms with Crippen molar-refractivity contribution in [2.75, 3.05) is 6.54 Å². The Morgan fingerprint density at radius 1 is 1.00 bits per heavy atom. The molecule has 0 saturated carbocycles. The zero-order valence-corrected chi connectivity index (χ0v) is 18.2. The molecule has 2 heterocycles. The van der Waals surface area contributed by atoms with Crippen LogP contribution in [-0.2, 0) is 17.8 Å². The molecule has 1 saturated heterocycles. The van der Waals surface area contributed by atoms with Crippen LogP contribution in [0.4, 0.5) is 4.79 Å². The summed E-state index contributed by atoms with van der Waals surface area (Å²) in [6.07, 6.45) is 5.59. The molecule has 0 atom stereocenters. The van der Waals surface area contributed by atoms with Crippen LogP contribution >= 0.6 is 11.8 Å². The highest BCUT2D eigenvalue weighted by Gasteiger charge is 2.34. The van der Waals surface area contributed by atoms with Crippen molar-refractivity contribution in [3.63, 3.8) is 0 Å². The zero-order chi connectivity index (χ0) is 21.1. The van der Waals surface area contributed by atoms with E-state index in [0.717, 1.165) is 47.6 Å². The molecule has 154 valence electrons. The topological polar surface area (TPSA) is 42.3 Å². The Hall–Kier alpha value is -2.79. The number of para-hydroxylation sites is 1. The summed E-state index contributed by atoms with van der Waals surface area (Å²) in [4.78, 5) is 27.2. The van der Waals surface area contributed by atoms with Gasteiger partial charge in [0.15, 0.2) is 0 Å². The Morgan fingerprint density at radius 2 is 1.73 bits per heavy atom. The van der Waals surface area contributed by atoms with E-state index in [2.05, 4.69) is 48.9 Å². The lowest BCUT2D eigenvalue weighted by Crippen LogP contribution is -2.29. The number of nitrogens with zero attached hydrogens (tertiary/aromatic N) is 2. The Kier molecular flexibility index (Phi) is 6.09. The van der Waals surface area contributed by atoms with Gasteiger partial charge in [0.05, 0.1) is 4.91 Å². The molecular formula is C25H26N2O2S. The predicted molar refractivity (Wildman–Crippen MR) is 124 cm³/mol. The van der Waals surface area contributed by atoms with Crippen molar-refractivity contribution in [3.05, 3.63) is 76.8 Å². The summed E-state index contributed by atoms with van der Waals surface area (Å²) in [6, 6.07) is 18.4. The second kappa shape index (κ2) is 8.92. The Balaban J connectivity index is 1.52. The monoisotopic (exact) mass is 418 g/mol. The van der Waals surface area contributed by atoms with E-state index in [0.29, 0.717) is 17.4 Å². The van der Waals surface area contributed by atoms with Crippen molar-refractivity contribution >= 4 is 39.9 Å². The van der Waals surface area contributed by atoms with Crippen LogP contribution in [0.5, 0.6) is 0 Å². The van der Waals surface area contributed by atoms with Crippen LogP contribution in [0.2, 0.25) is 0 Å². The van der Waals surface area contributed by atoms with E-state index >= 15 is 0 Å². The number of benzene rings is 2. The fourth-order valence-corrected chi connectivity index (χ4v) is 4.71. The van der Waals surface area contributed by atoms with Crippen molar-refractivity contribution in [1.82, 2.24) is 9.47 Å². The number of thioether (sulfide) groups is 1. The average Bonchev–Trinajstić information content (AvgIpc) is 3.20. The first-order valence-electron chi connectivity index (χ1n) is 10.4. The van der Waals surface area contributed by atoms with E-state index in [1.165, 1.54) is 10.5 Å². The summed E-state index contributed by atoms with van der Waals surface area (Å²) in [7, 11) is 0. The van der Waals surface area contributed by atoms with Crippen LogP contribution < -0.4 is 0 Å². The van der Waals surface area contributed by atoms with E-state index < -0.39 is 0 Å². The number of carbonyl (C=O) groups is 2. The van der Waals surface area contributed by atoms with Gasteiger partial charge in [-0.1, -0.05) is 62.4 Å². The highest BCUT2D eigenvalue weighted by Crippen LogP contribution is 2.34. The maximum Gasteiger partial charge on any atom is 0.293 e. The third-order valence-corrected chi connectivity index (χ3v) is 6.14. The highest BCUT2D eigenvalue weighted by atomic mass is 32.2. The lowest BCUT2D eigenvalue weighted by atomic mass is 10.1. The summed E-state index contributed by atoms with van der Waals surface area (Å²) in [5.41, 5.74) is 3.36. The van der Waals surface area contributed by atoms with E-state index in [4.69, 9.17) is 0 Å². The van der Waals surface area contributed by atoms with Gasteiger partial charge < -0.3 is 4.57 Å². The van der Waals surface area contributed by atoms with Crippen molar-refractivity contribution < 1.29 is 9.59 Å². The minimum atomic E-state index is -0.182. The largest absolute Gasteiger partial charge is 0.347 e. The van der Waals surface area contributed by atoms with E-state index in [9.17, 15) is 9.59 Å². The molecule has 0 radical (unpaired) electrons. The zero-order valence-electron chi connectivity index (χ0n) is 17.4. The Morgan fingerprint density at radius 3 is 2.50 bits per heavy atom. The summed E-state index contributed by atoms with van der Waals surface area (Å²) in [5, 5.41) is 0.930. The molecule has 3 aromatic rings. The molecule has 2 amide bonds. The maximum absolute atomic E-state index is 12.9. The van der Waals surface area contributed by atoms with Gasteiger partial charge in [0.25, 0.3) is 11.1 Å². The summed E-state index contributed by atoms with van der Waals surface area (Å²) in [5.74, 6) is 0.337. The smallest absolute Gasteiger partial charge is 0.293 e. The summed E-state index contributed by atoms with van der Waals surface area (Å²) in [6.45, 7) is 5.74. The lowest BCUT2D eigenvalue weighted by molar-refractivity contribution is -0.122. The number of amides is 2. The minimum Gasteiger partial charge on any atom is -0.347 e. The average molecular weight is 419 g/mol. The molecule has 0 bridgehead atoms. The van der Waals surface area contributed by atoms with Crippen LogP contribution in [0.25, 0.3) is 17.0 Å². The van der Waals surface area contributed by atoms with E-state index in [1.807, 2.05) is 36.4 Å². The second-order valence-electron chi connectivity index (χ2n) is 8.07. The molecule has 30 heavy (non-hydrogen) atoms. The van der Waals surface area contributed by atoms with Gasteiger partial charge in [0, 0.05) is 35.8 Å². The summed E-state index contributed by atoms with van der Waals surface area (Å²) < 4.78 is 2.23. The molecule has 0 aliphatic carbocycles.